The SMILES string of the molecule is CC(=O)c1ccc(Oc2ccc(Br)cc2[N+](=O)[O-])cc1Br. The maximum Gasteiger partial charge on any atom is 0.312 e. The minimum atomic E-state index is -0.515. The van der Waals surface area contributed by atoms with E-state index in [0.29, 0.717) is 20.3 Å². The first-order valence-electron chi connectivity index (χ1n) is 5.81. The van der Waals surface area contributed by atoms with Crippen molar-refractivity contribution in [3.05, 3.63) is 61.0 Å². The van der Waals surface area contributed by atoms with Crippen molar-refractivity contribution in [2.24, 2.45) is 0 Å². The van der Waals surface area contributed by atoms with Crippen LogP contribution in [0.4, 0.5) is 5.69 Å². The van der Waals surface area contributed by atoms with Crippen LogP contribution in [0.5, 0.6) is 11.5 Å². The molecule has 0 unspecified atom stereocenters. The highest BCUT2D eigenvalue weighted by molar-refractivity contribution is 9.10. The molecule has 0 aliphatic carbocycles. The van der Waals surface area contributed by atoms with Crippen LogP contribution in [-0.4, -0.2) is 10.7 Å². The minimum Gasteiger partial charge on any atom is -0.450 e. The molecule has 5 nitrogen and oxygen atoms in total. The molecule has 0 aliphatic heterocycles. The summed E-state index contributed by atoms with van der Waals surface area (Å²) in [5.74, 6) is 0.450. The Morgan fingerprint density at radius 3 is 2.48 bits per heavy atom. The molecular weight excluding hydrogens is 406 g/mol. The smallest absolute Gasteiger partial charge is 0.312 e. The number of nitro groups is 1. The average Bonchev–Trinajstić information content (AvgIpc) is 2.40. The van der Waals surface area contributed by atoms with Crippen molar-refractivity contribution in [1.82, 2.24) is 0 Å². The molecule has 0 radical (unpaired) electrons. The topological polar surface area (TPSA) is 69.4 Å². The maximum atomic E-state index is 11.4. The summed E-state index contributed by atoms with van der Waals surface area (Å²) in [6, 6.07) is 9.33. The van der Waals surface area contributed by atoms with E-state index in [1.165, 1.54) is 19.1 Å². The fourth-order valence-electron chi connectivity index (χ4n) is 1.69. The molecule has 0 aliphatic rings. The van der Waals surface area contributed by atoms with E-state index >= 15 is 0 Å². The zero-order valence-corrected chi connectivity index (χ0v) is 14.0. The Morgan fingerprint density at radius 2 is 1.90 bits per heavy atom. The highest BCUT2D eigenvalue weighted by Gasteiger charge is 2.17. The van der Waals surface area contributed by atoms with Gasteiger partial charge in [0.15, 0.2) is 5.78 Å². The van der Waals surface area contributed by atoms with Crippen molar-refractivity contribution in [2.75, 3.05) is 0 Å². The molecule has 0 amide bonds. The number of Topliss-reactive ketones (excluding diaryl/α,β-unsaturated/α-hetero) is 1. The lowest BCUT2D eigenvalue weighted by Gasteiger charge is -2.08. The van der Waals surface area contributed by atoms with Crippen molar-refractivity contribution in [2.45, 2.75) is 6.92 Å². The van der Waals surface area contributed by atoms with Gasteiger partial charge in [-0.15, -0.1) is 0 Å². The summed E-state index contributed by atoms with van der Waals surface area (Å²) in [5.41, 5.74) is 0.379. The molecule has 0 saturated carbocycles. The molecule has 2 aromatic rings. The third-order valence-corrected chi connectivity index (χ3v) is 3.81. The summed E-state index contributed by atoms with van der Waals surface area (Å²) in [7, 11) is 0. The van der Waals surface area contributed by atoms with Gasteiger partial charge < -0.3 is 4.74 Å². The lowest BCUT2D eigenvalue weighted by Crippen LogP contribution is -1.96. The van der Waals surface area contributed by atoms with Crippen LogP contribution in [0.2, 0.25) is 0 Å². The van der Waals surface area contributed by atoms with Crippen molar-refractivity contribution in [1.29, 1.82) is 0 Å². The predicted octanol–water partition coefficient (Wildman–Crippen LogP) is 5.11. The van der Waals surface area contributed by atoms with Crippen LogP contribution in [0, 0.1) is 10.1 Å². The molecule has 108 valence electrons. The van der Waals surface area contributed by atoms with E-state index in [2.05, 4.69) is 31.9 Å². The number of hydrogen-bond donors (Lipinski definition) is 0. The lowest BCUT2D eigenvalue weighted by atomic mass is 10.1. The van der Waals surface area contributed by atoms with E-state index in [9.17, 15) is 14.9 Å². The first kappa shape index (κ1) is 15.7. The van der Waals surface area contributed by atoms with Gasteiger partial charge in [-0.05, 0) is 53.2 Å². The summed E-state index contributed by atoms with van der Waals surface area (Å²) in [4.78, 5) is 21.9. The van der Waals surface area contributed by atoms with Gasteiger partial charge in [0.05, 0.1) is 4.92 Å². The van der Waals surface area contributed by atoms with E-state index in [1.807, 2.05) is 0 Å². The highest BCUT2D eigenvalue weighted by atomic mass is 79.9. The Morgan fingerprint density at radius 1 is 1.19 bits per heavy atom. The Balaban J connectivity index is 2.37. The van der Waals surface area contributed by atoms with E-state index in [4.69, 9.17) is 4.74 Å². The fourth-order valence-corrected chi connectivity index (χ4v) is 2.68. The average molecular weight is 415 g/mol. The first-order valence-corrected chi connectivity index (χ1v) is 7.39. The molecule has 0 saturated heterocycles. The number of halogens is 2. The predicted molar refractivity (Wildman–Crippen MR) is 85.0 cm³/mol. The van der Waals surface area contributed by atoms with Gasteiger partial charge in [-0.2, -0.15) is 0 Å². The number of nitro benzene ring substituents is 1. The monoisotopic (exact) mass is 413 g/mol. The molecule has 0 spiro atoms. The van der Waals surface area contributed by atoms with Crippen molar-refractivity contribution < 1.29 is 14.5 Å². The number of benzene rings is 2. The molecule has 0 N–H and O–H groups in total. The van der Waals surface area contributed by atoms with Gasteiger partial charge in [0.2, 0.25) is 5.75 Å². The second-order valence-corrected chi connectivity index (χ2v) is 5.94. The van der Waals surface area contributed by atoms with Crippen LogP contribution < -0.4 is 4.74 Å². The molecule has 0 heterocycles. The first-order chi connectivity index (χ1) is 9.88. The van der Waals surface area contributed by atoms with Gasteiger partial charge in [0, 0.05) is 20.6 Å². The fraction of sp³-hybridized carbons (Fsp3) is 0.0714. The summed E-state index contributed by atoms with van der Waals surface area (Å²) in [6.45, 7) is 1.46. The molecule has 7 heteroatoms. The Labute approximate surface area is 137 Å². The second-order valence-electron chi connectivity index (χ2n) is 4.17. The number of rotatable bonds is 4. The molecular formula is C14H9Br2NO4. The summed E-state index contributed by atoms with van der Waals surface area (Å²) >= 11 is 6.46. The molecule has 0 aromatic heterocycles. The standard InChI is InChI=1S/C14H9Br2NO4/c1-8(18)11-4-3-10(7-12(11)16)21-14-5-2-9(15)6-13(14)17(19)20/h2-7H,1H3. The van der Waals surface area contributed by atoms with Gasteiger partial charge in [0.25, 0.3) is 0 Å². The quantitative estimate of drug-likeness (QED) is 0.395. The van der Waals surface area contributed by atoms with Gasteiger partial charge in [0.1, 0.15) is 5.75 Å². The highest BCUT2D eigenvalue weighted by Crippen LogP contribution is 2.35. The van der Waals surface area contributed by atoms with Gasteiger partial charge in [-0.3, -0.25) is 14.9 Å². The third-order valence-electron chi connectivity index (χ3n) is 2.67. The largest absolute Gasteiger partial charge is 0.450 e. The van der Waals surface area contributed by atoms with Gasteiger partial charge in [-0.1, -0.05) is 15.9 Å². The zero-order valence-electron chi connectivity index (χ0n) is 10.8. The number of ether oxygens (including phenoxy) is 1. The Kier molecular flexibility index (Phi) is 4.74. The molecule has 2 rings (SSSR count). The lowest BCUT2D eigenvalue weighted by molar-refractivity contribution is -0.385. The van der Waals surface area contributed by atoms with E-state index in [1.54, 1.807) is 24.3 Å². The number of ketones is 1. The van der Waals surface area contributed by atoms with E-state index < -0.39 is 4.92 Å². The van der Waals surface area contributed by atoms with Crippen LogP contribution in [0.3, 0.4) is 0 Å². The van der Waals surface area contributed by atoms with E-state index in [-0.39, 0.29) is 17.2 Å². The second kappa shape index (κ2) is 6.36. The summed E-state index contributed by atoms with van der Waals surface area (Å²) in [6.07, 6.45) is 0. The van der Waals surface area contributed by atoms with Crippen molar-refractivity contribution in [3.8, 4) is 11.5 Å². The molecule has 0 atom stereocenters. The third kappa shape index (κ3) is 3.68. The summed E-state index contributed by atoms with van der Waals surface area (Å²) < 4.78 is 6.71. The minimum absolute atomic E-state index is 0.0805. The van der Waals surface area contributed by atoms with Crippen LogP contribution in [0.25, 0.3) is 0 Å². The number of carbonyl (C=O) groups excluding carboxylic acids is 1. The Bertz CT molecular complexity index is 731. The van der Waals surface area contributed by atoms with Crippen LogP contribution in [-0.2, 0) is 0 Å². The van der Waals surface area contributed by atoms with Crippen molar-refractivity contribution in [3.63, 3.8) is 0 Å². The molecule has 2 aromatic carbocycles. The van der Waals surface area contributed by atoms with Crippen LogP contribution >= 0.6 is 31.9 Å². The molecule has 0 bridgehead atoms. The number of hydrogen-bond acceptors (Lipinski definition) is 4. The van der Waals surface area contributed by atoms with Crippen LogP contribution in [0.1, 0.15) is 17.3 Å². The van der Waals surface area contributed by atoms with Gasteiger partial charge >= 0.3 is 5.69 Å². The van der Waals surface area contributed by atoms with Crippen molar-refractivity contribution >= 4 is 43.3 Å². The maximum absolute atomic E-state index is 11.4. The molecule has 0 fully saturated rings. The number of carbonyl (C=O) groups is 1. The Hall–Kier alpha value is -1.73. The summed E-state index contributed by atoms with van der Waals surface area (Å²) in [5, 5.41) is 11.0. The van der Waals surface area contributed by atoms with Gasteiger partial charge in [-0.25, -0.2) is 0 Å². The zero-order chi connectivity index (χ0) is 15.6. The number of nitrogens with zero attached hydrogens (tertiary/aromatic N) is 1. The van der Waals surface area contributed by atoms with Crippen LogP contribution in [0.15, 0.2) is 45.3 Å². The molecule has 21 heavy (non-hydrogen) atoms. The normalized spacial score (nSPS) is 10.2. The van der Waals surface area contributed by atoms with E-state index in [0.717, 1.165) is 0 Å².